The van der Waals surface area contributed by atoms with E-state index in [9.17, 15) is 18.3 Å². The molecule has 3 aromatic rings. The molecule has 1 N–H and O–H groups in total. The standard InChI is InChI=1S/C26H34N6O4S/c1-17(2)32-24-11-20(10-19-4-7-27-26(29-19)30-8-5-21(33)6-9-30)28-13-22(24)23(12-25(32)34)31-14-18(15-31)16-37(3,35)36/h4,7,11-13,17-18,21,33H,5-6,8-10,14-16H2,1-3H3. The van der Waals surface area contributed by atoms with Gasteiger partial charge in [0.15, 0.2) is 0 Å². The number of rotatable bonds is 7. The molecule has 0 unspecified atom stereocenters. The van der Waals surface area contributed by atoms with Gasteiger partial charge in [-0.25, -0.2) is 18.4 Å². The average Bonchev–Trinajstić information content (AvgIpc) is 2.80. The molecule has 0 atom stereocenters. The molecule has 10 nitrogen and oxygen atoms in total. The van der Waals surface area contributed by atoms with Gasteiger partial charge in [0, 0.05) is 80.4 Å². The lowest BCUT2D eigenvalue weighted by molar-refractivity contribution is 0.145. The van der Waals surface area contributed by atoms with Gasteiger partial charge in [-0.2, -0.15) is 0 Å². The van der Waals surface area contributed by atoms with Crippen LogP contribution in [0.15, 0.2) is 35.4 Å². The van der Waals surface area contributed by atoms with Crippen LogP contribution in [0.5, 0.6) is 0 Å². The number of aliphatic hydroxyl groups is 1. The van der Waals surface area contributed by atoms with E-state index < -0.39 is 9.84 Å². The van der Waals surface area contributed by atoms with Crippen LogP contribution in [-0.2, 0) is 16.3 Å². The van der Waals surface area contributed by atoms with Crippen LogP contribution in [0.2, 0.25) is 0 Å². The first-order valence-electron chi connectivity index (χ1n) is 12.8. The quantitative estimate of drug-likeness (QED) is 0.491. The summed E-state index contributed by atoms with van der Waals surface area (Å²) in [5.41, 5.74) is 3.17. The molecule has 0 saturated carbocycles. The van der Waals surface area contributed by atoms with E-state index in [1.54, 1.807) is 16.8 Å². The summed E-state index contributed by atoms with van der Waals surface area (Å²) in [5, 5.41) is 10.7. The van der Waals surface area contributed by atoms with Crippen LogP contribution in [0.1, 0.15) is 44.1 Å². The molecule has 0 spiro atoms. The topological polar surface area (TPSA) is 122 Å². The highest BCUT2D eigenvalue weighted by Crippen LogP contribution is 2.32. The molecule has 2 aliphatic rings. The number of sulfone groups is 1. The predicted molar refractivity (Wildman–Crippen MR) is 144 cm³/mol. The Labute approximate surface area is 216 Å². The molecule has 0 bridgehead atoms. The molecule has 2 fully saturated rings. The number of fused-ring (bicyclic) bond motifs is 1. The maximum Gasteiger partial charge on any atom is 0.253 e. The number of hydrogen-bond acceptors (Lipinski definition) is 9. The summed E-state index contributed by atoms with van der Waals surface area (Å²) in [6.45, 7) is 6.63. The fourth-order valence-corrected chi connectivity index (χ4v) is 6.41. The normalized spacial score (nSPS) is 17.5. The molecule has 2 aliphatic heterocycles. The van der Waals surface area contributed by atoms with Crippen molar-refractivity contribution >= 4 is 32.4 Å². The SMILES string of the molecule is CC(C)n1c(=O)cc(N2CC(CS(C)(=O)=O)C2)c2cnc(Cc3ccnc(N4CCC(O)CC4)n3)cc21. The number of aromatic nitrogens is 4. The average molecular weight is 527 g/mol. The molecular weight excluding hydrogens is 492 g/mol. The molecule has 0 radical (unpaired) electrons. The van der Waals surface area contributed by atoms with Gasteiger partial charge in [0.1, 0.15) is 9.84 Å². The van der Waals surface area contributed by atoms with Gasteiger partial charge in [0.05, 0.1) is 28.8 Å². The van der Waals surface area contributed by atoms with Crippen LogP contribution < -0.4 is 15.4 Å². The molecule has 3 aromatic heterocycles. The second kappa shape index (κ2) is 10.0. The first-order chi connectivity index (χ1) is 17.6. The van der Waals surface area contributed by atoms with Gasteiger partial charge in [-0.15, -0.1) is 0 Å². The summed E-state index contributed by atoms with van der Waals surface area (Å²) in [7, 11) is -3.04. The summed E-state index contributed by atoms with van der Waals surface area (Å²) in [4.78, 5) is 31.2. The van der Waals surface area contributed by atoms with Gasteiger partial charge in [0.25, 0.3) is 5.56 Å². The summed E-state index contributed by atoms with van der Waals surface area (Å²) in [6.07, 6.45) is 6.49. The van der Waals surface area contributed by atoms with Crippen molar-refractivity contribution in [3.05, 3.63) is 52.3 Å². The monoisotopic (exact) mass is 526 g/mol. The molecular formula is C26H34N6O4S. The van der Waals surface area contributed by atoms with Gasteiger partial charge < -0.3 is 19.5 Å². The molecule has 5 rings (SSSR count). The minimum Gasteiger partial charge on any atom is -0.393 e. The molecule has 5 heterocycles. The Hall–Kier alpha value is -3.05. The van der Waals surface area contributed by atoms with E-state index >= 15 is 0 Å². The Kier molecular flexibility index (Phi) is 6.93. The fourth-order valence-electron chi connectivity index (χ4n) is 5.34. The van der Waals surface area contributed by atoms with E-state index in [-0.39, 0.29) is 29.4 Å². The van der Waals surface area contributed by atoms with E-state index in [1.807, 2.05) is 32.2 Å². The van der Waals surface area contributed by atoms with Crippen molar-refractivity contribution in [3.63, 3.8) is 0 Å². The third-order valence-electron chi connectivity index (χ3n) is 7.13. The Morgan fingerprint density at radius 2 is 1.81 bits per heavy atom. The second-order valence-corrected chi connectivity index (χ2v) is 12.8. The van der Waals surface area contributed by atoms with E-state index in [0.717, 1.165) is 41.1 Å². The third kappa shape index (κ3) is 5.62. The molecule has 0 amide bonds. The zero-order valence-corrected chi connectivity index (χ0v) is 22.4. The lowest BCUT2D eigenvalue weighted by Gasteiger charge is -2.41. The Balaban J connectivity index is 1.43. The highest BCUT2D eigenvalue weighted by molar-refractivity contribution is 7.90. The van der Waals surface area contributed by atoms with Gasteiger partial charge in [-0.1, -0.05) is 0 Å². The highest BCUT2D eigenvalue weighted by Gasteiger charge is 2.31. The Morgan fingerprint density at radius 1 is 1.08 bits per heavy atom. The lowest BCUT2D eigenvalue weighted by Crippen LogP contribution is -2.50. The largest absolute Gasteiger partial charge is 0.393 e. The minimum atomic E-state index is -3.04. The van der Waals surface area contributed by atoms with Gasteiger partial charge in [0.2, 0.25) is 5.95 Å². The molecule has 37 heavy (non-hydrogen) atoms. The summed E-state index contributed by atoms with van der Waals surface area (Å²) in [6, 6.07) is 5.45. The van der Waals surface area contributed by atoms with Crippen molar-refractivity contribution in [2.24, 2.45) is 5.92 Å². The van der Waals surface area contributed by atoms with Crippen LogP contribution in [0.4, 0.5) is 11.6 Å². The maximum absolute atomic E-state index is 13.1. The van der Waals surface area contributed by atoms with Crippen LogP contribution >= 0.6 is 0 Å². The molecule has 11 heteroatoms. The van der Waals surface area contributed by atoms with Crippen molar-refractivity contribution < 1.29 is 13.5 Å². The smallest absolute Gasteiger partial charge is 0.253 e. The van der Waals surface area contributed by atoms with E-state index in [2.05, 4.69) is 14.8 Å². The number of hydrogen-bond donors (Lipinski definition) is 1. The zero-order valence-electron chi connectivity index (χ0n) is 21.5. The molecule has 0 aromatic carbocycles. The van der Waals surface area contributed by atoms with E-state index in [4.69, 9.17) is 9.97 Å². The van der Waals surface area contributed by atoms with Gasteiger partial charge >= 0.3 is 0 Å². The van der Waals surface area contributed by atoms with Crippen LogP contribution in [0, 0.1) is 5.92 Å². The van der Waals surface area contributed by atoms with Crippen molar-refractivity contribution in [3.8, 4) is 0 Å². The molecule has 0 aliphatic carbocycles. The summed E-state index contributed by atoms with van der Waals surface area (Å²) >= 11 is 0. The van der Waals surface area contributed by atoms with Crippen LogP contribution in [0.25, 0.3) is 10.9 Å². The van der Waals surface area contributed by atoms with E-state index in [0.29, 0.717) is 38.3 Å². The van der Waals surface area contributed by atoms with Gasteiger partial charge in [-0.05, 0) is 38.8 Å². The van der Waals surface area contributed by atoms with Crippen LogP contribution in [-0.4, -0.2) is 77.3 Å². The number of anilines is 2. The minimum absolute atomic E-state index is 0.0335. The zero-order chi connectivity index (χ0) is 26.3. The Bertz CT molecular complexity index is 1460. The number of nitrogens with zero attached hydrogens (tertiary/aromatic N) is 6. The Morgan fingerprint density at radius 3 is 2.49 bits per heavy atom. The lowest BCUT2D eigenvalue weighted by atomic mass is 10.00. The number of aliphatic hydroxyl groups excluding tert-OH is 1. The summed E-state index contributed by atoms with van der Waals surface area (Å²) < 4.78 is 25.1. The maximum atomic E-state index is 13.1. The van der Waals surface area contributed by atoms with Crippen molar-refractivity contribution in [2.45, 2.75) is 45.3 Å². The van der Waals surface area contributed by atoms with Crippen LogP contribution in [0.3, 0.4) is 0 Å². The number of piperidine rings is 1. The first-order valence-corrected chi connectivity index (χ1v) is 14.8. The highest BCUT2D eigenvalue weighted by atomic mass is 32.2. The first kappa shape index (κ1) is 25.6. The summed E-state index contributed by atoms with van der Waals surface area (Å²) in [5.74, 6) is 0.888. The van der Waals surface area contributed by atoms with Gasteiger partial charge in [-0.3, -0.25) is 9.78 Å². The number of pyridine rings is 2. The second-order valence-electron chi connectivity index (χ2n) is 10.6. The molecule has 198 valence electrons. The molecule has 2 saturated heterocycles. The van der Waals surface area contributed by atoms with Crippen molar-refractivity contribution in [2.75, 3.05) is 48.0 Å². The van der Waals surface area contributed by atoms with Crippen molar-refractivity contribution in [1.82, 2.24) is 19.5 Å². The fraction of sp³-hybridized carbons (Fsp3) is 0.538. The third-order valence-corrected chi connectivity index (χ3v) is 8.21. The predicted octanol–water partition coefficient (Wildman–Crippen LogP) is 1.80. The van der Waals surface area contributed by atoms with Crippen molar-refractivity contribution in [1.29, 1.82) is 0 Å². The van der Waals surface area contributed by atoms with E-state index in [1.165, 1.54) is 6.26 Å².